The molecule has 0 aromatic heterocycles. The number of rotatable bonds is 6. The number of carbonyl (C=O) groups excluding carboxylic acids is 2. The Kier molecular flexibility index (Phi) is 5.84. The number of ether oxygens (including phenoxy) is 2. The number of hydrogen-bond acceptors (Lipinski definition) is 4. The smallest absolute Gasteiger partial charge is 0.255 e. The van der Waals surface area contributed by atoms with Crippen molar-refractivity contribution in [1.82, 2.24) is 5.32 Å². The average Bonchev–Trinajstić information content (AvgIpc) is 2.54. The van der Waals surface area contributed by atoms with Crippen LogP contribution in [0, 0.1) is 5.92 Å². The van der Waals surface area contributed by atoms with Crippen molar-refractivity contribution in [2.24, 2.45) is 11.7 Å². The minimum absolute atomic E-state index is 0.122. The molecule has 0 radical (unpaired) electrons. The largest absolute Gasteiger partial charge is 0.493 e. The lowest BCUT2D eigenvalue weighted by Crippen LogP contribution is -2.41. The lowest BCUT2D eigenvalue weighted by molar-refractivity contribution is -0.119. The van der Waals surface area contributed by atoms with E-state index in [0.29, 0.717) is 23.0 Å². The molecule has 2 amide bonds. The van der Waals surface area contributed by atoms with E-state index >= 15 is 0 Å². The Bertz CT molecular complexity index is 574. The molecule has 0 aliphatic heterocycles. The molecule has 2 atom stereocenters. The molecule has 1 aliphatic rings. The van der Waals surface area contributed by atoms with Gasteiger partial charge in [-0.15, -0.1) is 0 Å². The fourth-order valence-corrected chi connectivity index (χ4v) is 2.86. The molecule has 0 bridgehead atoms. The number of hydrogen-bond donors (Lipinski definition) is 2. The maximum atomic E-state index is 12.4. The first-order chi connectivity index (χ1) is 11.0. The van der Waals surface area contributed by atoms with Crippen LogP contribution in [0.25, 0.3) is 0 Å². The van der Waals surface area contributed by atoms with Crippen LogP contribution in [-0.4, -0.2) is 31.6 Å². The first kappa shape index (κ1) is 17.1. The van der Waals surface area contributed by atoms with Crippen molar-refractivity contribution in [3.63, 3.8) is 0 Å². The summed E-state index contributed by atoms with van der Waals surface area (Å²) in [6.45, 7) is 1.94. The van der Waals surface area contributed by atoms with Gasteiger partial charge in [-0.05, 0) is 37.0 Å². The van der Waals surface area contributed by atoms with Gasteiger partial charge in [0.15, 0.2) is 18.1 Å². The minimum Gasteiger partial charge on any atom is -0.493 e. The Labute approximate surface area is 136 Å². The van der Waals surface area contributed by atoms with Crippen LogP contribution in [0.15, 0.2) is 18.2 Å². The highest BCUT2D eigenvalue weighted by Crippen LogP contribution is 2.29. The van der Waals surface area contributed by atoms with Crippen molar-refractivity contribution in [2.75, 3.05) is 13.7 Å². The predicted molar refractivity (Wildman–Crippen MR) is 86.6 cm³/mol. The van der Waals surface area contributed by atoms with E-state index in [-0.39, 0.29) is 18.6 Å². The molecule has 1 saturated carbocycles. The SMILES string of the molecule is COc1cc(C(=O)N[C@H]2CCCC[C@H]2C)ccc1OCC(N)=O. The number of primary amides is 1. The summed E-state index contributed by atoms with van der Waals surface area (Å²) in [6.07, 6.45) is 4.55. The highest BCUT2D eigenvalue weighted by molar-refractivity contribution is 5.95. The zero-order valence-electron chi connectivity index (χ0n) is 13.6. The number of methoxy groups -OCH3 is 1. The highest BCUT2D eigenvalue weighted by Gasteiger charge is 2.23. The van der Waals surface area contributed by atoms with Gasteiger partial charge in [0.25, 0.3) is 11.8 Å². The van der Waals surface area contributed by atoms with E-state index in [1.165, 1.54) is 13.5 Å². The van der Waals surface area contributed by atoms with E-state index in [1.807, 2.05) is 0 Å². The van der Waals surface area contributed by atoms with Crippen LogP contribution >= 0.6 is 0 Å². The molecule has 6 nitrogen and oxygen atoms in total. The molecule has 1 aromatic rings. The summed E-state index contributed by atoms with van der Waals surface area (Å²) < 4.78 is 10.5. The van der Waals surface area contributed by atoms with Crippen molar-refractivity contribution in [3.05, 3.63) is 23.8 Å². The number of benzene rings is 1. The number of nitrogens with two attached hydrogens (primary N) is 1. The van der Waals surface area contributed by atoms with Gasteiger partial charge in [0.2, 0.25) is 0 Å². The summed E-state index contributed by atoms with van der Waals surface area (Å²) in [5.41, 5.74) is 5.56. The maximum Gasteiger partial charge on any atom is 0.255 e. The Morgan fingerprint density at radius 3 is 2.65 bits per heavy atom. The molecule has 0 spiro atoms. The van der Waals surface area contributed by atoms with E-state index in [0.717, 1.165) is 19.3 Å². The second-order valence-corrected chi connectivity index (χ2v) is 5.96. The lowest BCUT2D eigenvalue weighted by Gasteiger charge is -2.29. The summed E-state index contributed by atoms with van der Waals surface area (Å²) >= 11 is 0. The van der Waals surface area contributed by atoms with Gasteiger partial charge in [-0.3, -0.25) is 9.59 Å². The number of amides is 2. The Morgan fingerprint density at radius 1 is 1.26 bits per heavy atom. The molecule has 3 N–H and O–H groups in total. The standard InChI is InChI=1S/C17H24N2O4/c1-11-5-3-4-6-13(11)19-17(21)12-7-8-14(15(9-12)22-2)23-10-16(18)20/h7-9,11,13H,3-6,10H2,1-2H3,(H2,18,20)(H,19,21)/t11-,13+/m1/s1. The molecule has 1 aromatic carbocycles. The molecular weight excluding hydrogens is 296 g/mol. The summed E-state index contributed by atoms with van der Waals surface area (Å²) in [5, 5.41) is 3.10. The van der Waals surface area contributed by atoms with E-state index in [4.69, 9.17) is 15.2 Å². The summed E-state index contributed by atoms with van der Waals surface area (Å²) in [4.78, 5) is 23.2. The van der Waals surface area contributed by atoms with Crippen LogP contribution in [0.1, 0.15) is 43.0 Å². The van der Waals surface area contributed by atoms with Crippen molar-refractivity contribution in [3.8, 4) is 11.5 Å². The Hall–Kier alpha value is -2.24. The van der Waals surface area contributed by atoms with Gasteiger partial charge in [-0.1, -0.05) is 19.8 Å². The molecular formula is C17H24N2O4. The third kappa shape index (κ3) is 4.61. The van der Waals surface area contributed by atoms with Gasteiger partial charge < -0.3 is 20.5 Å². The van der Waals surface area contributed by atoms with Crippen molar-refractivity contribution in [1.29, 1.82) is 0 Å². The lowest BCUT2D eigenvalue weighted by atomic mass is 9.86. The van der Waals surface area contributed by atoms with Crippen LogP contribution in [0.2, 0.25) is 0 Å². The first-order valence-corrected chi connectivity index (χ1v) is 7.91. The summed E-state index contributed by atoms with van der Waals surface area (Å²) in [7, 11) is 1.48. The minimum atomic E-state index is -0.569. The van der Waals surface area contributed by atoms with Crippen molar-refractivity contribution < 1.29 is 19.1 Å². The van der Waals surface area contributed by atoms with Crippen molar-refractivity contribution in [2.45, 2.75) is 38.6 Å². The second kappa shape index (κ2) is 7.85. The highest BCUT2D eigenvalue weighted by atomic mass is 16.5. The van der Waals surface area contributed by atoms with E-state index in [1.54, 1.807) is 18.2 Å². The van der Waals surface area contributed by atoms with E-state index < -0.39 is 5.91 Å². The van der Waals surface area contributed by atoms with Crippen molar-refractivity contribution >= 4 is 11.8 Å². The molecule has 0 saturated heterocycles. The fourth-order valence-electron chi connectivity index (χ4n) is 2.86. The van der Waals surface area contributed by atoms with Crippen LogP contribution in [0.3, 0.4) is 0 Å². The molecule has 126 valence electrons. The van der Waals surface area contributed by atoms with E-state index in [2.05, 4.69) is 12.2 Å². The van der Waals surface area contributed by atoms with Crippen LogP contribution in [0.4, 0.5) is 0 Å². The molecule has 2 rings (SSSR count). The topological polar surface area (TPSA) is 90.7 Å². The van der Waals surface area contributed by atoms with Gasteiger partial charge in [-0.25, -0.2) is 0 Å². The zero-order valence-corrected chi connectivity index (χ0v) is 13.6. The summed E-state index contributed by atoms with van der Waals surface area (Å²) in [6, 6.07) is 5.09. The van der Waals surface area contributed by atoms with Crippen LogP contribution in [-0.2, 0) is 4.79 Å². The molecule has 1 aliphatic carbocycles. The molecule has 0 unspecified atom stereocenters. The first-order valence-electron chi connectivity index (χ1n) is 7.91. The Morgan fingerprint density at radius 2 is 2.00 bits per heavy atom. The summed E-state index contributed by atoms with van der Waals surface area (Å²) in [5.74, 6) is 0.584. The molecule has 23 heavy (non-hydrogen) atoms. The molecule has 1 fully saturated rings. The maximum absolute atomic E-state index is 12.4. The number of nitrogens with one attached hydrogen (secondary N) is 1. The normalized spacial score (nSPS) is 20.6. The van der Waals surface area contributed by atoms with Crippen LogP contribution in [0.5, 0.6) is 11.5 Å². The van der Waals surface area contributed by atoms with Crippen LogP contribution < -0.4 is 20.5 Å². The number of carbonyl (C=O) groups is 2. The van der Waals surface area contributed by atoms with E-state index in [9.17, 15) is 9.59 Å². The quantitative estimate of drug-likeness (QED) is 0.837. The molecule has 0 heterocycles. The third-order valence-electron chi connectivity index (χ3n) is 4.22. The van der Waals surface area contributed by atoms with Gasteiger partial charge in [-0.2, -0.15) is 0 Å². The fraction of sp³-hybridized carbons (Fsp3) is 0.529. The zero-order chi connectivity index (χ0) is 16.8. The molecule has 6 heteroatoms. The monoisotopic (exact) mass is 320 g/mol. The third-order valence-corrected chi connectivity index (χ3v) is 4.22. The second-order valence-electron chi connectivity index (χ2n) is 5.96. The van der Waals surface area contributed by atoms with Gasteiger partial charge in [0, 0.05) is 11.6 Å². The van der Waals surface area contributed by atoms with Gasteiger partial charge in [0.1, 0.15) is 0 Å². The van der Waals surface area contributed by atoms with Gasteiger partial charge in [0.05, 0.1) is 7.11 Å². The van der Waals surface area contributed by atoms with Gasteiger partial charge >= 0.3 is 0 Å². The Balaban J connectivity index is 2.06. The average molecular weight is 320 g/mol. The predicted octanol–water partition coefficient (Wildman–Crippen LogP) is 1.87.